The molecule has 0 radical (unpaired) electrons. The highest BCUT2D eigenvalue weighted by Crippen LogP contribution is 2.24. The lowest BCUT2D eigenvalue weighted by Crippen LogP contribution is -2.42. The molecule has 0 aliphatic carbocycles. The molecular weight excluding hydrogens is 324 g/mol. The Hall–Kier alpha value is -2.20. The van der Waals surface area contributed by atoms with E-state index in [9.17, 15) is 4.79 Å². The normalized spacial score (nSPS) is 11.0. The molecule has 0 fully saturated rings. The van der Waals surface area contributed by atoms with Crippen LogP contribution >= 0.6 is 11.6 Å². The minimum absolute atomic E-state index is 0.177. The molecule has 2 N–H and O–H groups in total. The van der Waals surface area contributed by atoms with Gasteiger partial charge in [0.15, 0.2) is 0 Å². The second kappa shape index (κ2) is 8.06. The molecule has 0 saturated carbocycles. The third-order valence-electron chi connectivity index (χ3n) is 3.93. The first-order chi connectivity index (χ1) is 11.4. The molecule has 0 aliphatic heterocycles. The van der Waals surface area contributed by atoms with Gasteiger partial charge in [-0.2, -0.15) is 0 Å². The van der Waals surface area contributed by atoms with Crippen LogP contribution in [-0.2, 0) is 12.0 Å². The van der Waals surface area contributed by atoms with Crippen molar-refractivity contribution in [2.45, 2.75) is 25.8 Å². The van der Waals surface area contributed by atoms with Gasteiger partial charge in [-0.25, -0.2) is 4.79 Å². The Morgan fingerprint density at radius 3 is 2.25 bits per heavy atom. The van der Waals surface area contributed by atoms with Crippen molar-refractivity contribution in [2.24, 2.45) is 0 Å². The number of carbonyl (C=O) groups excluding carboxylic acids is 1. The van der Waals surface area contributed by atoms with Crippen molar-refractivity contribution in [3.05, 3.63) is 64.7 Å². The van der Waals surface area contributed by atoms with Crippen LogP contribution in [0.4, 0.5) is 4.79 Å². The second-order valence-electron chi connectivity index (χ2n) is 6.28. The minimum atomic E-state index is -0.188. The summed E-state index contributed by atoms with van der Waals surface area (Å²) >= 11 is 5.84. The number of amides is 2. The summed E-state index contributed by atoms with van der Waals surface area (Å²) < 4.78 is 5.17. The number of rotatable bonds is 6. The fraction of sp³-hybridized carbons (Fsp3) is 0.316. The zero-order valence-electron chi connectivity index (χ0n) is 14.2. The highest BCUT2D eigenvalue weighted by Gasteiger charge is 2.21. The van der Waals surface area contributed by atoms with E-state index in [4.69, 9.17) is 16.3 Å². The molecule has 2 rings (SSSR count). The average Bonchev–Trinajstić information content (AvgIpc) is 2.59. The first-order valence-electron chi connectivity index (χ1n) is 7.81. The number of halogens is 1. The van der Waals surface area contributed by atoms with Crippen molar-refractivity contribution in [3.63, 3.8) is 0 Å². The van der Waals surface area contributed by atoms with Gasteiger partial charge >= 0.3 is 6.03 Å². The minimum Gasteiger partial charge on any atom is -0.497 e. The van der Waals surface area contributed by atoms with E-state index >= 15 is 0 Å². The first-order valence-corrected chi connectivity index (χ1v) is 8.19. The van der Waals surface area contributed by atoms with E-state index in [0.717, 1.165) is 16.9 Å². The predicted octanol–water partition coefficient (Wildman–Crippen LogP) is 4.13. The molecule has 4 nitrogen and oxygen atoms in total. The Morgan fingerprint density at radius 2 is 1.67 bits per heavy atom. The number of carbonyl (C=O) groups is 1. The summed E-state index contributed by atoms with van der Waals surface area (Å²) in [4.78, 5) is 12.0. The molecule has 0 atom stereocenters. The lowest BCUT2D eigenvalue weighted by Gasteiger charge is -2.26. The van der Waals surface area contributed by atoms with Gasteiger partial charge in [-0.15, -0.1) is 0 Å². The summed E-state index contributed by atoms with van der Waals surface area (Å²) in [5.74, 6) is 0.822. The van der Waals surface area contributed by atoms with Crippen molar-refractivity contribution in [1.82, 2.24) is 10.6 Å². The summed E-state index contributed by atoms with van der Waals surface area (Å²) in [7, 11) is 1.65. The van der Waals surface area contributed by atoms with E-state index in [0.29, 0.717) is 18.1 Å². The molecule has 2 amide bonds. The quantitative estimate of drug-likeness (QED) is 0.826. The predicted molar refractivity (Wildman–Crippen MR) is 97.7 cm³/mol. The molecular formula is C19H23ClN2O2. The van der Waals surface area contributed by atoms with Crippen molar-refractivity contribution in [2.75, 3.05) is 13.7 Å². The third kappa shape index (κ3) is 5.17. The summed E-state index contributed by atoms with van der Waals surface area (Å²) in [5, 5.41) is 6.46. The van der Waals surface area contributed by atoms with Crippen molar-refractivity contribution in [3.8, 4) is 5.75 Å². The van der Waals surface area contributed by atoms with Gasteiger partial charge in [0.05, 0.1) is 7.11 Å². The second-order valence-corrected chi connectivity index (χ2v) is 6.71. The van der Waals surface area contributed by atoms with Crippen molar-refractivity contribution in [1.29, 1.82) is 0 Å². The number of hydrogen-bond acceptors (Lipinski definition) is 2. The van der Waals surface area contributed by atoms with Gasteiger partial charge in [0.2, 0.25) is 0 Å². The van der Waals surface area contributed by atoms with Crippen LogP contribution in [0, 0.1) is 0 Å². The average molecular weight is 347 g/mol. The van der Waals surface area contributed by atoms with Crippen molar-refractivity contribution >= 4 is 17.6 Å². The van der Waals surface area contributed by atoms with Gasteiger partial charge < -0.3 is 15.4 Å². The molecule has 0 saturated heterocycles. The van der Waals surface area contributed by atoms with Gasteiger partial charge in [-0.1, -0.05) is 49.7 Å². The maximum absolute atomic E-state index is 12.0. The highest BCUT2D eigenvalue weighted by atomic mass is 35.5. The van der Waals surface area contributed by atoms with Gasteiger partial charge in [-0.05, 0) is 35.4 Å². The zero-order valence-corrected chi connectivity index (χ0v) is 15.0. The largest absolute Gasteiger partial charge is 0.497 e. The Bertz CT molecular complexity index is 667. The summed E-state index contributed by atoms with van der Waals surface area (Å²) in [6, 6.07) is 15.1. The molecule has 0 heterocycles. The number of urea groups is 1. The first kappa shape index (κ1) is 18.1. The van der Waals surface area contributed by atoms with Gasteiger partial charge in [-0.3, -0.25) is 0 Å². The fourth-order valence-corrected chi connectivity index (χ4v) is 2.42. The van der Waals surface area contributed by atoms with Crippen molar-refractivity contribution < 1.29 is 9.53 Å². The van der Waals surface area contributed by atoms with Crippen LogP contribution in [0.3, 0.4) is 0 Å². The number of ether oxygens (including phenoxy) is 1. The maximum Gasteiger partial charge on any atom is 0.315 e. The molecule has 0 aliphatic rings. The van der Waals surface area contributed by atoms with E-state index in [1.165, 1.54) is 0 Å². The molecule has 0 bridgehead atoms. The fourth-order valence-electron chi connectivity index (χ4n) is 2.29. The van der Waals surface area contributed by atoms with E-state index in [1.54, 1.807) is 7.11 Å². The summed E-state index contributed by atoms with van der Waals surface area (Å²) in [6.45, 7) is 5.18. The summed E-state index contributed by atoms with van der Waals surface area (Å²) in [6.07, 6.45) is 0. The SMILES string of the molecule is COc1ccc(C(C)(C)CNC(=O)NCc2ccc(Cl)cc2)cc1. The number of hydrogen-bond donors (Lipinski definition) is 2. The molecule has 0 spiro atoms. The zero-order chi connectivity index (χ0) is 17.6. The van der Waals surface area contributed by atoms with Gasteiger partial charge in [0.25, 0.3) is 0 Å². The van der Waals surface area contributed by atoms with E-state index in [1.807, 2.05) is 48.5 Å². The highest BCUT2D eigenvalue weighted by molar-refractivity contribution is 6.30. The van der Waals surface area contributed by atoms with E-state index in [-0.39, 0.29) is 11.4 Å². The molecule has 2 aromatic carbocycles. The Morgan fingerprint density at radius 1 is 1.04 bits per heavy atom. The molecule has 24 heavy (non-hydrogen) atoms. The van der Waals surface area contributed by atoms with Crippen LogP contribution in [-0.4, -0.2) is 19.7 Å². The molecule has 128 valence electrons. The molecule has 5 heteroatoms. The lowest BCUT2D eigenvalue weighted by atomic mass is 9.84. The Balaban J connectivity index is 1.83. The van der Waals surface area contributed by atoms with Gasteiger partial charge in [0.1, 0.15) is 5.75 Å². The van der Waals surface area contributed by atoms with Crippen LogP contribution in [0.25, 0.3) is 0 Å². The van der Waals surface area contributed by atoms with Crippen LogP contribution in [0.15, 0.2) is 48.5 Å². The van der Waals surface area contributed by atoms with Gasteiger partial charge in [0, 0.05) is 23.5 Å². The van der Waals surface area contributed by atoms with Crippen LogP contribution in [0.5, 0.6) is 5.75 Å². The molecule has 2 aromatic rings. The number of methoxy groups -OCH3 is 1. The molecule has 0 unspecified atom stereocenters. The smallest absolute Gasteiger partial charge is 0.315 e. The maximum atomic E-state index is 12.0. The van der Waals surface area contributed by atoms with E-state index in [2.05, 4.69) is 24.5 Å². The number of benzene rings is 2. The summed E-state index contributed by atoms with van der Waals surface area (Å²) in [5.41, 5.74) is 1.97. The lowest BCUT2D eigenvalue weighted by molar-refractivity contribution is 0.238. The van der Waals surface area contributed by atoms with Crippen LogP contribution in [0.1, 0.15) is 25.0 Å². The topological polar surface area (TPSA) is 50.4 Å². The third-order valence-corrected chi connectivity index (χ3v) is 4.18. The Labute approximate surface area is 148 Å². The number of nitrogens with one attached hydrogen (secondary N) is 2. The Kier molecular flexibility index (Phi) is 6.10. The molecule has 0 aromatic heterocycles. The van der Waals surface area contributed by atoms with E-state index < -0.39 is 0 Å². The monoisotopic (exact) mass is 346 g/mol. The van der Waals surface area contributed by atoms with Crippen LogP contribution < -0.4 is 15.4 Å². The standard InChI is InChI=1S/C19H23ClN2O2/c1-19(2,15-6-10-17(24-3)11-7-15)13-22-18(23)21-12-14-4-8-16(20)9-5-14/h4-11H,12-13H2,1-3H3,(H2,21,22,23). The van der Waals surface area contributed by atoms with Crippen LogP contribution in [0.2, 0.25) is 5.02 Å².